The minimum absolute atomic E-state index is 0.0352. The predicted octanol–water partition coefficient (Wildman–Crippen LogP) is 2.00. The molecule has 0 bridgehead atoms. The number of halogens is 1. The summed E-state index contributed by atoms with van der Waals surface area (Å²) in [4.78, 5) is 11.9. The minimum atomic E-state index is 0.0352. The van der Waals surface area contributed by atoms with E-state index in [4.69, 9.17) is 0 Å². The fourth-order valence-corrected chi connectivity index (χ4v) is 1.93. The van der Waals surface area contributed by atoms with Gasteiger partial charge in [0, 0.05) is 23.3 Å². The maximum atomic E-state index is 11.9. The Bertz CT molecular complexity index is 521. The molecule has 0 fully saturated rings. The topological polar surface area (TPSA) is 47.8 Å². The van der Waals surface area contributed by atoms with Gasteiger partial charge in [-0.2, -0.15) is 0 Å². The average molecular weight is 280 g/mol. The van der Waals surface area contributed by atoms with Crippen LogP contribution in [0.5, 0.6) is 0 Å². The van der Waals surface area contributed by atoms with Crippen LogP contribution >= 0.6 is 15.9 Å². The second-order valence-corrected chi connectivity index (χ2v) is 4.32. The fourth-order valence-electron chi connectivity index (χ4n) is 1.42. The lowest BCUT2D eigenvalue weighted by Crippen LogP contribution is -2.04. The van der Waals surface area contributed by atoms with E-state index in [1.54, 1.807) is 24.0 Å². The largest absolute Gasteiger partial charge is 0.294 e. The number of hydrogen-bond donors (Lipinski definition) is 0. The summed E-state index contributed by atoms with van der Waals surface area (Å²) in [6, 6.07) is 7.37. The molecular weight excluding hydrogens is 270 g/mol. The van der Waals surface area contributed by atoms with Gasteiger partial charge in [0.15, 0.2) is 5.78 Å². The van der Waals surface area contributed by atoms with E-state index >= 15 is 0 Å². The standard InChI is InChI=1S/C11H10BrN3O/c1-15-7-8(13-14-15)6-11(16)9-4-2-3-5-10(9)12/h2-5,7H,6H2,1H3. The van der Waals surface area contributed by atoms with Crippen LogP contribution in [0.15, 0.2) is 34.9 Å². The van der Waals surface area contributed by atoms with E-state index in [0.29, 0.717) is 11.3 Å². The Kier molecular flexibility index (Phi) is 3.14. The van der Waals surface area contributed by atoms with Crippen LogP contribution in [-0.4, -0.2) is 20.8 Å². The third-order valence-corrected chi connectivity index (χ3v) is 2.86. The average Bonchev–Trinajstić information content (AvgIpc) is 2.64. The molecule has 0 unspecified atom stereocenters. The molecule has 0 N–H and O–H groups in total. The minimum Gasteiger partial charge on any atom is -0.294 e. The van der Waals surface area contributed by atoms with Gasteiger partial charge in [-0.3, -0.25) is 9.48 Å². The highest BCUT2D eigenvalue weighted by molar-refractivity contribution is 9.10. The number of carbonyl (C=O) groups excluding carboxylic acids is 1. The first-order chi connectivity index (χ1) is 7.66. The molecule has 82 valence electrons. The number of ketones is 1. The van der Waals surface area contributed by atoms with Crippen molar-refractivity contribution < 1.29 is 4.79 Å². The van der Waals surface area contributed by atoms with Gasteiger partial charge in [0.1, 0.15) is 0 Å². The molecule has 0 atom stereocenters. The predicted molar refractivity (Wildman–Crippen MR) is 63.2 cm³/mol. The van der Waals surface area contributed by atoms with Gasteiger partial charge in [0.2, 0.25) is 0 Å². The lowest BCUT2D eigenvalue weighted by molar-refractivity contribution is 0.0991. The van der Waals surface area contributed by atoms with E-state index in [-0.39, 0.29) is 12.2 Å². The quantitative estimate of drug-likeness (QED) is 0.808. The van der Waals surface area contributed by atoms with Crippen molar-refractivity contribution in [1.82, 2.24) is 15.0 Å². The molecule has 1 aromatic carbocycles. The molecule has 1 aromatic heterocycles. The summed E-state index contributed by atoms with van der Waals surface area (Å²) < 4.78 is 2.40. The molecule has 0 aliphatic rings. The Morgan fingerprint density at radius 2 is 2.19 bits per heavy atom. The first-order valence-corrected chi connectivity index (χ1v) is 5.59. The normalized spacial score (nSPS) is 10.4. The molecule has 0 saturated heterocycles. The highest BCUT2D eigenvalue weighted by Crippen LogP contribution is 2.17. The second-order valence-electron chi connectivity index (χ2n) is 3.46. The van der Waals surface area contributed by atoms with Gasteiger partial charge in [0.05, 0.1) is 12.1 Å². The third-order valence-electron chi connectivity index (χ3n) is 2.17. The number of aromatic nitrogens is 3. The summed E-state index contributed by atoms with van der Waals surface area (Å²) in [5.74, 6) is 0.0352. The van der Waals surface area contributed by atoms with Crippen LogP contribution in [0.1, 0.15) is 16.1 Å². The van der Waals surface area contributed by atoms with Crippen molar-refractivity contribution in [3.63, 3.8) is 0 Å². The Labute approximate surface area is 101 Å². The number of Topliss-reactive ketones (excluding diaryl/α,β-unsaturated/α-hetero) is 1. The third kappa shape index (κ3) is 2.36. The zero-order chi connectivity index (χ0) is 11.5. The van der Waals surface area contributed by atoms with E-state index < -0.39 is 0 Å². The van der Waals surface area contributed by atoms with Crippen LogP contribution in [0.4, 0.5) is 0 Å². The van der Waals surface area contributed by atoms with E-state index in [2.05, 4.69) is 26.2 Å². The highest BCUT2D eigenvalue weighted by atomic mass is 79.9. The lowest BCUT2D eigenvalue weighted by atomic mass is 10.1. The molecule has 4 nitrogen and oxygen atoms in total. The van der Waals surface area contributed by atoms with Crippen molar-refractivity contribution in [3.8, 4) is 0 Å². The van der Waals surface area contributed by atoms with Crippen molar-refractivity contribution in [1.29, 1.82) is 0 Å². The SMILES string of the molecule is Cn1cc(CC(=O)c2ccccc2Br)nn1. The van der Waals surface area contributed by atoms with Crippen molar-refractivity contribution >= 4 is 21.7 Å². The number of hydrogen-bond acceptors (Lipinski definition) is 3. The van der Waals surface area contributed by atoms with Crippen LogP contribution in [0.25, 0.3) is 0 Å². The second kappa shape index (κ2) is 4.57. The monoisotopic (exact) mass is 279 g/mol. The molecular formula is C11H10BrN3O. The molecule has 0 radical (unpaired) electrons. The van der Waals surface area contributed by atoms with Gasteiger partial charge < -0.3 is 0 Å². The summed E-state index contributed by atoms with van der Waals surface area (Å²) >= 11 is 3.35. The number of carbonyl (C=O) groups is 1. The van der Waals surface area contributed by atoms with Crippen LogP contribution in [0, 0.1) is 0 Å². The first kappa shape index (κ1) is 11.0. The van der Waals surface area contributed by atoms with Gasteiger partial charge in [-0.1, -0.05) is 39.3 Å². The lowest BCUT2D eigenvalue weighted by Gasteiger charge is -2.00. The summed E-state index contributed by atoms with van der Waals surface area (Å²) in [5, 5.41) is 7.68. The molecule has 2 aromatic rings. The van der Waals surface area contributed by atoms with Crippen LogP contribution in [0.2, 0.25) is 0 Å². The van der Waals surface area contributed by atoms with Crippen molar-refractivity contribution in [2.24, 2.45) is 7.05 Å². The molecule has 0 aliphatic heterocycles. The Morgan fingerprint density at radius 1 is 1.44 bits per heavy atom. The maximum Gasteiger partial charge on any atom is 0.170 e. The van der Waals surface area contributed by atoms with E-state index in [1.165, 1.54) is 0 Å². The van der Waals surface area contributed by atoms with E-state index in [1.807, 2.05) is 18.2 Å². The van der Waals surface area contributed by atoms with E-state index in [9.17, 15) is 4.79 Å². The van der Waals surface area contributed by atoms with Gasteiger partial charge in [0.25, 0.3) is 0 Å². The van der Waals surface area contributed by atoms with Gasteiger partial charge in [-0.15, -0.1) is 5.10 Å². The molecule has 0 saturated carbocycles. The van der Waals surface area contributed by atoms with Crippen molar-refractivity contribution in [3.05, 3.63) is 46.2 Å². The van der Waals surface area contributed by atoms with Gasteiger partial charge in [-0.05, 0) is 6.07 Å². The van der Waals surface area contributed by atoms with Crippen molar-refractivity contribution in [2.45, 2.75) is 6.42 Å². The van der Waals surface area contributed by atoms with Crippen LogP contribution in [0.3, 0.4) is 0 Å². The molecule has 0 spiro atoms. The van der Waals surface area contributed by atoms with Crippen LogP contribution in [-0.2, 0) is 13.5 Å². The van der Waals surface area contributed by atoms with Gasteiger partial charge in [-0.25, -0.2) is 0 Å². The van der Waals surface area contributed by atoms with Crippen LogP contribution < -0.4 is 0 Å². The number of benzene rings is 1. The Balaban J connectivity index is 2.18. The molecule has 16 heavy (non-hydrogen) atoms. The molecule has 5 heteroatoms. The molecule has 0 amide bonds. The van der Waals surface area contributed by atoms with Crippen molar-refractivity contribution in [2.75, 3.05) is 0 Å². The molecule has 1 heterocycles. The summed E-state index contributed by atoms with van der Waals surface area (Å²) in [6.07, 6.45) is 2.02. The molecule has 2 rings (SSSR count). The zero-order valence-corrected chi connectivity index (χ0v) is 10.3. The number of nitrogens with zero attached hydrogens (tertiary/aromatic N) is 3. The van der Waals surface area contributed by atoms with E-state index in [0.717, 1.165) is 4.47 Å². The Hall–Kier alpha value is -1.49. The maximum absolute atomic E-state index is 11.9. The number of rotatable bonds is 3. The smallest absolute Gasteiger partial charge is 0.170 e. The zero-order valence-electron chi connectivity index (χ0n) is 8.72. The summed E-state index contributed by atoms with van der Waals surface area (Å²) in [5.41, 5.74) is 1.36. The first-order valence-electron chi connectivity index (χ1n) is 4.80. The number of aryl methyl sites for hydroxylation is 1. The fraction of sp³-hybridized carbons (Fsp3) is 0.182. The summed E-state index contributed by atoms with van der Waals surface area (Å²) in [7, 11) is 1.78. The van der Waals surface area contributed by atoms with Gasteiger partial charge >= 0.3 is 0 Å². The Morgan fingerprint density at radius 3 is 2.81 bits per heavy atom. The highest BCUT2D eigenvalue weighted by Gasteiger charge is 2.11. The molecule has 0 aliphatic carbocycles. The summed E-state index contributed by atoms with van der Waals surface area (Å²) in [6.45, 7) is 0.